The maximum Gasteiger partial charge on any atom is 0.303 e. The number of aromatic amines is 3. The van der Waals surface area contributed by atoms with Gasteiger partial charge < -0.3 is 121 Å². The van der Waals surface area contributed by atoms with E-state index in [1.165, 1.54) is 58.3 Å². The standard InChI is InChI=1S/C68H100N24O20S4/c1-31(2)14-38-57(101)87-44(54(71)98)24-113-115-27-47-63(107)86-43(23-93)60(104)85-42(17-36-22-74-30-77-36)68(112)91-12-6-8-48(91)64(108)78-33(5)55(99)88-46(26-116-114-25-45(61(105)89-47)79-51(95)19-69)62(106)82-39(15-34-20-72-28-75-34)59(103)90-53(32(3)4)66(110)83-40(18-50(70)94)58(102)84-41(16-35-21-73-29-76-35)67(111)92-13-7-9-49(92)65(109)80-37(56(100)81-38)10-11-52(96)97/h20-22,28-33,37-49,53,93H,6-19,23-27,69H2,1-5H3,(H2,70,94)(H2,71,98)(H,72,75)(H,73,76)(H,74,77)(H,78,108)(H,79,95)(H,80,109)(H,81,100)(H,82,106)(H,83,110)(H,84,102)(H,85,104)(H,86,107)(H,87,101)(H,88,99)(H,89,105)(H,90,103)(H,96,97)/t33-,37-,38-,39-,40-,41-,42-,43-,44-,45-,46-,47-,48-,49-,53-/m0/s1. The number of amides is 17. The zero-order valence-electron chi connectivity index (χ0n) is 64.1. The van der Waals surface area contributed by atoms with E-state index in [1.54, 1.807) is 13.8 Å². The van der Waals surface area contributed by atoms with Gasteiger partial charge in [-0.3, -0.25) is 86.3 Å². The molecule has 636 valence electrons. The number of carbonyl (C=O) groups excluding carboxylic acids is 17. The van der Waals surface area contributed by atoms with E-state index in [-0.39, 0.29) is 81.8 Å². The topological polar surface area (TPSA) is 675 Å². The summed E-state index contributed by atoms with van der Waals surface area (Å²) in [5.74, 6) is -21.9. The van der Waals surface area contributed by atoms with Gasteiger partial charge in [-0.05, 0) is 57.3 Å². The summed E-state index contributed by atoms with van der Waals surface area (Å²) in [7, 11) is 3.27. The number of fused-ring (bicyclic) bond motifs is 10. The summed E-state index contributed by atoms with van der Waals surface area (Å²) >= 11 is 0. The van der Waals surface area contributed by atoms with Crippen molar-refractivity contribution in [3.63, 3.8) is 0 Å². The van der Waals surface area contributed by atoms with Crippen LogP contribution in [-0.2, 0) is 106 Å². The Kier molecular flexibility index (Phi) is 36.0. The highest BCUT2D eigenvalue weighted by molar-refractivity contribution is 8.77. The van der Waals surface area contributed by atoms with Gasteiger partial charge >= 0.3 is 5.97 Å². The molecule has 3 aromatic heterocycles. The molecule has 4 aliphatic heterocycles. The second-order valence-electron chi connectivity index (χ2n) is 28.6. The lowest BCUT2D eigenvalue weighted by Gasteiger charge is -2.31. The van der Waals surface area contributed by atoms with Crippen LogP contribution in [-0.4, -0.2) is 296 Å². The molecule has 0 aromatic carbocycles. The number of rotatable bonds is 18. The third kappa shape index (κ3) is 27.8. The Morgan fingerprint density at radius 1 is 0.509 bits per heavy atom. The molecule has 116 heavy (non-hydrogen) atoms. The van der Waals surface area contributed by atoms with Crippen molar-refractivity contribution in [2.45, 2.75) is 196 Å². The Balaban J connectivity index is 1.32. The van der Waals surface area contributed by atoms with E-state index in [4.69, 9.17) is 17.2 Å². The number of aliphatic hydroxyl groups is 1. The number of aliphatic hydroxyl groups excluding tert-OH is 1. The van der Waals surface area contributed by atoms with Crippen molar-refractivity contribution in [1.82, 2.24) is 109 Å². The van der Waals surface area contributed by atoms with Gasteiger partial charge in [0.25, 0.3) is 0 Å². The number of carboxylic acids is 1. The molecule has 4 aliphatic rings. The lowest BCUT2D eigenvalue weighted by Crippen LogP contribution is -2.62. The molecule has 7 rings (SSSR count). The Bertz CT molecular complexity index is 3990. The van der Waals surface area contributed by atoms with Crippen molar-refractivity contribution >= 4 is 150 Å². The van der Waals surface area contributed by atoms with Crippen molar-refractivity contribution in [3.8, 4) is 0 Å². The molecule has 4 saturated heterocycles. The van der Waals surface area contributed by atoms with Crippen LogP contribution in [0.5, 0.6) is 0 Å². The lowest BCUT2D eigenvalue weighted by atomic mass is 10.0. The van der Waals surface area contributed by atoms with Crippen LogP contribution in [0.1, 0.15) is 103 Å². The van der Waals surface area contributed by atoms with Gasteiger partial charge in [-0.2, -0.15) is 0 Å². The number of hydrogen-bond donors (Lipinski definition) is 21. The number of nitrogens with two attached hydrogens (primary N) is 3. The Labute approximate surface area is 680 Å². The summed E-state index contributed by atoms with van der Waals surface area (Å²) in [5, 5.41) is 53.5. The maximum absolute atomic E-state index is 15.0. The van der Waals surface area contributed by atoms with Crippen molar-refractivity contribution in [2.75, 3.05) is 49.3 Å². The molecule has 0 spiro atoms. The highest BCUT2D eigenvalue weighted by Gasteiger charge is 2.44. The molecule has 2 bridgehead atoms. The van der Waals surface area contributed by atoms with E-state index < -0.39 is 258 Å². The van der Waals surface area contributed by atoms with Gasteiger partial charge in [0, 0.05) is 97.5 Å². The summed E-state index contributed by atoms with van der Waals surface area (Å²) in [6.45, 7) is 5.68. The number of imidazole rings is 3. The average Bonchev–Trinajstić information content (AvgIpc) is 1.75. The van der Waals surface area contributed by atoms with Gasteiger partial charge in [-0.1, -0.05) is 70.9 Å². The molecule has 0 aliphatic carbocycles. The van der Waals surface area contributed by atoms with E-state index in [1.807, 2.05) is 0 Å². The van der Waals surface area contributed by atoms with Gasteiger partial charge in [0.15, 0.2) is 0 Å². The molecule has 7 heterocycles. The van der Waals surface area contributed by atoms with Crippen LogP contribution in [0.15, 0.2) is 37.6 Å². The number of aliphatic carboxylic acids is 1. The van der Waals surface area contributed by atoms with Crippen molar-refractivity contribution in [3.05, 3.63) is 54.7 Å². The number of nitrogens with one attached hydrogen (secondary N) is 16. The summed E-state index contributed by atoms with van der Waals surface area (Å²) in [6, 6.07) is -24.3. The molecule has 3 aromatic rings. The van der Waals surface area contributed by atoms with Crippen LogP contribution in [0.3, 0.4) is 0 Å². The van der Waals surface area contributed by atoms with Gasteiger partial charge in [0.05, 0.1) is 38.6 Å². The maximum atomic E-state index is 15.0. The first-order valence-corrected chi connectivity index (χ1v) is 42.2. The number of H-pyrrole nitrogens is 3. The van der Waals surface area contributed by atoms with E-state index in [0.29, 0.717) is 5.69 Å². The summed E-state index contributed by atoms with van der Waals surface area (Å²) in [6.07, 6.45) is 4.89. The Hall–Kier alpha value is -10.6. The fourth-order valence-corrected chi connectivity index (χ4v) is 17.3. The number of aromatic nitrogens is 6. The molecular weight excluding hydrogens is 1600 g/mol. The zero-order chi connectivity index (χ0) is 85.0. The number of carbonyl (C=O) groups is 18. The van der Waals surface area contributed by atoms with Crippen LogP contribution in [0.25, 0.3) is 0 Å². The number of nitrogens with zero attached hydrogens (tertiary/aromatic N) is 5. The summed E-state index contributed by atoms with van der Waals surface area (Å²) in [4.78, 5) is 279. The minimum atomic E-state index is -1.89. The Morgan fingerprint density at radius 2 is 0.948 bits per heavy atom. The van der Waals surface area contributed by atoms with Crippen LogP contribution < -0.4 is 86.3 Å². The second-order valence-corrected chi connectivity index (χ2v) is 33.7. The number of hydrogen-bond acceptors (Lipinski definition) is 27. The third-order valence-electron chi connectivity index (χ3n) is 18.8. The molecular formula is C68H100N24O20S4. The molecule has 0 unspecified atom stereocenters. The highest BCUT2D eigenvalue weighted by Crippen LogP contribution is 2.27. The minimum absolute atomic E-state index is 0.0394. The van der Waals surface area contributed by atoms with Crippen molar-refractivity contribution in [1.29, 1.82) is 0 Å². The van der Waals surface area contributed by atoms with Gasteiger partial charge in [0.1, 0.15) is 90.6 Å². The van der Waals surface area contributed by atoms with Gasteiger partial charge in [-0.15, -0.1) is 0 Å². The predicted octanol–water partition coefficient (Wildman–Crippen LogP) is -8.14. The van der Waals surface area contributed by atoms with E-state index in [2.05, 4.69) is 99.0 Å². The molecule has 15 atom stereocenters. The van der Waals surface area contributed by atoms with Crippen LogP contribution in [0.2, 0.25) is 0 Å². The SMILES string of the molecule is CC(C)C[C@@H]1NC(=O)[C@H](CCC(=O)O)NC(=O)[C@@H]2CCCN2C(=O)[C@H](Cc2cnc[nH]2)NC(=O)[C@H](CC(N)=O)NC(=O)[C@H](C(C)C)NC(=O)[C@H](Cc2cnc[nH]2)NC(=O)[C@@H]2CSSC[C@H](NC(=O)CN)C(=O)N[C@@H](CSSC[C@@H](C(N)=O)NC1=O)C(=O)N[C@@H](CO)C(=O)N[C@@H](Cc1cnc[nH]1)C(=O)N1CCC[C@H]1C(=O)N[C@@H](C)C(=O)N2. The molecule has 17 amide bonds. The molecule has 44 nitrogen and oxygen atoms in total. The molecule has 0 saturated carbocycles. The van der Waals surface area contributed by atoms with Crippen LogP contribution in [0.4, 0.5) is 0 Å². The van der Waals surface area contributed by atoms with E-state index in [0.717, 1.165) is 53.0 Å². The normalized spacial score (nSPS) is 27.4. The largest absolute Gasteiger partial charge is 0.481 e. The van der Waals surface area contributed by atoms with Gasteiger partial charge in [-0.25, -0.2) is 15.0 Å². The van der Waals surface area contributed by atoms with Crippen molar-refractivity contribution in [2.24, 2.45) is 29.0 Å². The second kappa shape index (κ2) is 45.1. The van der Waals surface area contributed by atoms with E-state index >= 15 is 4.79 Å². The first kappa shape index (κ1) is 92.6. The molecule has 0 radical (unpaired) electrons. The molecule has 48 heteroatoms. The fourth-order valence-electron chi connectivity index (χ4n) is 12.7. The lowest BCUT2D eigenvalue weighted by molar-refractivity contribution is -0.143. The highest BCUT2D eigenvalue weighted by atomic mass is 33.1. The third-order valence-corrected chi connectivity index (χ3v) is 23.7. The smallest absolute Gasteiger partial charge is 0.303 e. The number of carboxylic acid groups (broad SMARTS) is 1. The Morgan fingerprint density at radius 3 is 1.43 bits per heavy atom. The zero-order valence-corrected chi connectivity index (χ0v) is 67.3. The van der Waals surface area contributed by atoms with Crippen LogP contribution in [0, 0.1) is 11.8 Å². The monoisotopic (exact) mass is 1700 g/mol. The summed E-state index contributed by atoms with van der Waals surface area (Å²) < 4.78 is 0. The predicted molar refractivity (Wildman–Crippen MR) is 417 cm³/mol. The number of primary amides is 2. The first-order valence-electron chi connectivity index (χ1n) is 37.2. The van der Waals surface area contributed by atoms with Crippen molar-refractivity contribution < 1.29 is 96.5 Å². The average molecular weight is 1700 g/mol. The summed E-state index contributed by atoms with van der Waals surface area (Å²) in [5.41, 5.74) is 18.0. The minimum Gasteiger partial charge on any atom is -0.481 e. The molecule has 24 N–H and O–H groups in total. The van der Waals surface area contributed by atoms with Crippen LogP contribution >= 0.6 is 43.2 Å². The quantitative estimate of drug-likeness (QED) is 0.0526. The fraction of sp³-hybridized carbons (Fsp3) is 0.603. The first-order chi connectivity index (χ1) is 55.1. The van der Waals surface area contributed by atoms with Gasteiger partial charge in [0.2, 0.25) is 100 Å². The molecule has 4 fully saturated rings. The van der Waals surface area contributed by atoms with E-state index in [9.17, 15) is 91.7 Å².